The van der Waals surface area contributed by atoms with Gasteiger partial charge in [0, 0.05) is 12.7 Å². The SMILES string of the molecule is Cc1ccnc(NC(C)C(=O)NCC(C)C)c1Br. The highest BCUT2D eigenvalue weighted by atomic mass is 79.9. The lowest BCUT2D eigenvalue weighted by Crippen LogP contribution is -2.39. The molecule has 1 atom stereocenters. The molecular formula is C13H20BrN3O. The fraction of sp³-hybridized carbons (Fsp3) is 0.538. The van der Waals surface area contributed by atoms with Crippen LogP contribution >= 0.6 is 15.9 Å². The van der Waals surface area contributed by atoms with Crippen LogP contribution in [0.15, 0.2) is 16.7 Å². The van der Waals surface area contributed by atoms with Crippen molar-refractivity contribution in [2.45, 2.75) is 33.7 Å². The monoisotopic (exact) mass is 313 g/mol. The molecule has 0 radical (unpaired) electrons. The molecule has 1 amide bonds. The Bertz CT molecular complexity index is 421. The van der Waals surface area contributed by atoms with Crippen LogP contribution in [-0.4, -0.2) is 23.5 Å². The van der Waals surface area contributed by atoms with E-state index in [4.69, 9.17) is 0 Å². The molecule has 4 nitrogen and oxygen atoms in total. The maximum Gasteiger partial charge on any atom is 0.242 e. The zero-order valence-electron chi connectivity index (χ0n) is 11.2. The van der Waals surface area contributed by atoms with Crippen LogP contribution in [0.25, 0.3) is 0 Å². The molecule has 0 bridgehead atoms. The Labute approximate surface area is 117 Å². The summed E-state index contributed by atoms with van der Waals surface area (Å²) < 4.78 is 0.897. The Kier molecular flexibility index (Phi) is 5.59. The third-order valence-corrected chi connectivity index (χ3v) is 3.51. The number of nitrogens with zero attached hydrogens (tertiary/aromatic N) is 1. The number of halogens is 1. The van der Waals surface area contributed by atoms with E-state index in [0.717, 1.165) is 10.0 Å². The number of pyridine rings is 1. The molecule has 1 rings (SSSR count). The Hall–Kier alpha value is -1.10. The first-order valence-corrected chi connectivity index (χ1v) is 6.86. The quantitative estimate of drug-likeness (QED) is 0.878. The van der Waals surface area contributed by atoms with Gasteiger partial charge in [0.15, 0.2) is 0 Å². The second kappa shape index (κ2) is 6.73. The Balaban J connectivity index is 2.61. The number of anilines is 1. The normalized spacial score (nSPS) is 12.3. The summed E-state index contributed by atoms with van der Waals surface area (Å²) in [6.45, 7) is 8.63. The highest BCUT2D eigenvalue weighted by Crippen LogP contribution is 2.23. The molecule has 1 heterocycles. The predicted octanol–water partition coefficient (Wildman–Crippen LogP) is 2.73. The summed E-state index contributed by atoms with van der Waals surface area (Å²) in [7, 11) is 0. The van der Waals surface area contributed by atoms with Crippen molar-refractivity contribution in [1.29, 1.82) is 0 Å². The zero-order chi connectivity index (χ0) is 13.7. The third-order valence-electron chi connectivity index (χ3n) is 2.51. The molecule has 18 heavy (non-hydrogen) atoms. The second-order valence-electron chi connectivity index (χ2n) is 4.80. The van der Waals surface area contributed by atoms with Crippen molar-refractivity contribution in [3.05, 3.63) is 22.3 Å². The molecule has 0 saturated carbocycles. The van der Waals surface area contributed by atoms with Gasteiger partial charge in [-0.05, 0) is 47.3 Å². The van der Waals surface area contributed by atoms with E-state index in [-0.39, 0.29) is 11.9 Å². The molecule has 0 aromatic carbocycles. The molecule has 0 aliphatic rings. The molecule has 0 spiro atoms. The van der Waals surface area contributed by atoms with E-state index in [9.17, 15) is 4.79 Å². The van der Waals surface area contributed by atoms with Crippen LogP contribution in [0.1, 0.15) is 26.3 Å². The summed E-state index contributed by atoms with van der Waals surface area (Å²) in [6.07, 6.45) is 1.72. The van der Waals surface area contributed by atoms with E-state index in [1.54, 1.807) is 6.20 Å². The van der Waals surface area contributed by atoms with Crippen LogP contribution in [0.2, 0.25) is 0 Å². The molecule has 0 aliphatic carbocycles. The average Bonchev–Trinajstić information content (AvgIpc) is 2.31. The summed E-state index contributed by atoms with van der Waals surface area (Å²) in [6, 6.07) is 1.60. The van der Waals surface area contributed by atoms with Crippen LogP contribution in [-0.2, 0) is 4.79 Å². The van der Waals surface area contributed by atoms with Gasteiger partial charge in [-0.25, -0.2) is 4.98 Å². The number of aryl methyl sites for hydroxylation is 1. The first-order valence-electron chi connectivity index (χ1n) is 6.07. The lowest BCUT2D eigenvalue weighted by Gasteiger charge is -2.17. The van der Waals surface area contributed by atoms with Crippen molar-refractivity contribution in [3.63, 3.8) is 0 Å². The highest BCUT2D eigenvalue weighted by Gasteiger charge is 2.14. The topological polar surface area (TPSA) is 54.0 Å². The Morgan fingerprint density at radius 2 is 2.11 bits per heavy atom. The summed E-state index contributed by atoms with van der Waals surface area (Å²) in [5, 5.41) is 6.00. The molecule has 0 fully saturated rings. The van der Waals surface area contributed by atoms with Gasteiger partial charge >= 0.3 is 0 Å². The smallest absolute Gasteiger partial charge is 0.242 e. The first-order chi connectivity index (χ1) is 8.41. The van der Waals surface area contributed by atoms with Crippen molar-refractivity contribution in [3.8, 4) is 0 Å². The van der Waals surface area contributed by atoms with Gasteiger partial charge in [-0.15, -0.1) is 0 Å². The summed E-state index contributed by atoms with van der Waals surface area (Å²) >= 11 is 3.46. The highest BCUT2D eigenvalue weighted by molar-refractivity contribution is 9.10. The molecule has 0 aliphatic heterocycles. The minimum absolute atomic E-state index is 0.0149. The number of hydrogen-bond donors (Lipinski definition) is 2. The summed E-state index contributed by atoms with van der Waals surface area (Å²) in [5.41, 5.74) is 1.09. The van der Waals surface area contributed by atoms with E-state index in [2.05, 4.69) is 45.4 Å². The number of aromatic nitrogens is 1. The fourth-order valence-electron chi connectivity index (χ4n) is 1.37. The van der Waals surface area contributed by atoms with Crippen molar-refractivity contribution in [1.82, 2.24) is 10.3 Å². The number of rotatable bonds is 5. The Morgan fingerprint density at radius 3 is 2.72 bits per heavy atom. The van der Waals surface area contributed by atoms with E-state index in [1.807, 2.05) is 19.9 Å². The molecule has 0 saturated heterocycles. The lowest BCUT2D eigenvalue weighted by molar-refractivity contribution is -0.121. The van der Waals surface area contributed by atoms with Crippen molar-refractivity contribution in [2.75, 3.05) is 11.9 Å². The number of carbonyl (C=O) groups excluding carboxylic acids is 1. The maximum atomic E-state index is 11.8. The van der Waals surface area contributed by atoms with Crippen molar-refractivity contribution in [2.24, 2.45) is 5.92 Å². The number of carbonyl (C=O) groups is 1. The van der Waals surface area contributed by atoms with Gasteiger partial charge in [-0.3, -0.25) is 4.79 Å². The van der Waals surface area contributed by atoms with Crippen molar-refractivity contribution < 1.29 is 4.79 Å². The third kappa shape index (κ3) is 4.29. The molecular weight excluding hydrogens is 294 g/mol. The molecule has 1 unspecified atom stereocenters. The lowest BCUT2D eigenvalue weighted by atomic mass is 10.2. The Morgan fingerprint density at radius 1 is 1.44 bits per heavy atom. The van der Waals surface area contributed by atoms with E-state index >= 15 is 0 Å². The number of amides is 1. The zero-order valence-corrected chi connectivity index (χ0v) is 12.8. The number of nitrogens with one attached hydrogen (secondary N) is 2. The first kappa shape index (κ1) is 15.0. The molecule has 1 aromatic rings. The predicted molar refractivity (Wildman–Crippen MR) is 77.6 cm³/mol. The van der Waals surface area contributed by atoms with Gasteiger partial charge in [0.1, 0.15) is 11.9 Å². The van der Waals surface area contributed by atoms with Gasteiger partial charge in [-0.1, -0.05) is 13.8 Å². The minimum Gasteiger partial charge on any atom is -0.358 e. The van der Waals surface area contributed by atoms with Gasteiger partial charge in [-0.2, -0.15) is 0 Å². The van der Waals surface area contributed by atoms with Crippen LogP contribution in [0.3, 0.4) is 0 Å². The van der Waals surface area contributed by atoms with Crippen LogP contribution in [0, 0.1) is 12.8 Å². The van der Waals surface area contributed by atoms with Crippen LogP contribution in [0.5, 0.6) is 0 Å². The maximum absolute atomic E-state index is 11.8. The van der Waals surface area contributed by atoms with Crippen LogP contribution in [0.4, 0.5) is 5.82 Å². The summed E-state index contributed by atoms with van der Waals surface area (Å²) in [4.78, 5) is 16.1. The molecule has 1 aromatic heterocycles. The van der Waals surface area contributed by atoms with Gasteiger partial charge in [0.25, 0.3) is 0 Å². The average molecular weight is 314 g/mol. The molecule has 2 N–H and O–H groups in total. The van der Waals surface area contributed by atoms with E-state index in [1.165, 1.54) is 0 Å². The van der Waals surface area contributed by atoms with Crippen molar-refractivity contribution >= 4 is 27.7 Å². The van der Waals surface area contributed by atoms with E-state index < -0.39 is 0 Å². The minimum atomic E-state index is -0.311. The standard InChI is InChI=1S/C13H20BrN3O/c1-8(2)7-16-13(18)10(4)17-12-11(14)9(3)5-6-15-12/h5-6,8,10H,7H2,1-4H3,(H,15,17)(H,16,18). The largest absolute Gasteiger partial charge is 0.358 e. The molecule has 100 valence electrons. The van der Waals surface area contributed by atoms with Gasteiger partial charge in [0.2, 0.25) is 5.91 Å². The fourth-order valence-corrected chi connectivity index (χ4v) is 1.72. The molecule has 5 heteroatoms. The number of hydrogen-bond acceptors (Lipinski definition) is 3. The summed E-state index contributed by atoms with van der Waals surface area (Å²) in [5.74, 6) is 1.13. The second-order valence-corrected chi connectivity index (χ2v) is 5.59. The van der Waals surface area contributed by atoms with Gasteiger partial charge < -0.3 is 10.6 Å². The van der Waals surface area contributed by atoms with E-state index in [0.29, 0.717) is 18.3 Å². The van der Waals surface area contributed by atoms with Gasteiger partial charge in [0.05, 0.1) is 4.47 Å². The van der Waals surface area contributed by atoms with Crippen LogP contribution < -0.4 is 10.6 Å².